The lowest BCUT2D eigenvalue weighted by atomic mass is 9.76. The molecule has 0 aromatic heterocycles. The molecule has 1 aromatic rings. The molecule has 0 fully saturated rings. The van der Waals surface area contributed by atoms with Crippen molar-refractivity contribution >= 4 is 5.97 Å². The Balaban J connectivity index is 3.32. The molecule has 0 amide bonds. The van der Waals surface area contributed by atoms with E-state index in [1.807, 2.05) is 0 Å². The maximum Gasteiger partial charge on any atom is 0.315 e. The molecule has 4 N–H and O–H groups in total. The number of nitrogens with two attached hydrogens (primary N) is 1. The first-order valence-electron chi connectivity index (χ1n) is 5.30. The van der Waals surface area contributed by atoms with Crippen molar-refractivity contribution in [3.63, 3.8) is 0 Å². The summed E-state index contributed by atoms with van der Waals surface area (Å²) in [6, 6.07) is 5.60. The summed E-state index contributed by atoms with van der Waals surface area (Å²) in [5.41, 5.74) is 3.93. The van der Waals surface area contributed by atoms with Crippen LogP contribution < -0.4 is 5.73 Å². The molecule has 0 radical (unpaired) electrons. The molecule has 0 bridgehead atoms. The highest BCUT2D eigenvalue weighted by atomic mass is 19.1. The van der Waals surface area contributed by atoms with E-state index in [1.54, 1.807) is 6.07 Å². The van der Waals surface area contributed by atoms with E-state index in [1.165, 1.54) is 25.1 Å². The van der Waals surface area contributed by atoms with Gasteiger partial charge >= 0.3 is 5.97 Å². The minimum atomic E-state index is -1.58. The second-order valence-corrected chi connectivity index (χ2v) is 4.12. The van der Waals surface area contributed by atoms with Gasteiger partial charge in [-0.3, -0.25) is 4.79 Å². The molecule has 5 heteroatoms. The predicted octanol–water partition coefficient (Wildman–Crippen LogP) is 0.878. The van der Waals surface area contributed by atoms with Crippen LogP contribution >= 0.6 is 0 Å². The van der Waals surface area contributed by atoms with Gasteiger partial charge in [0.25, 0.3) is 0 Å². The molecule has 1 aromatic carbocycles. The number of hydrogen-bond acceptors (Lipinski definition) is 3. The van der Waals surface area contributed by atoms with E-state index in [0.717, 1.165) is 0 Å². The van der Waals surface area contributed by atoms with E-state index in [2.05, 4.69) is 0 Å². The lowest BCUT2D eigenvalue weighted by molar-refractivity contribution is -0.144. The van der Waals surface area contributed by atoms with Crippen LogP contribution in [0.5, 0.6) is 0 Å². The van der Waals surface area contributed by atoms with E-state index in [9.17, 15) is 19.4 Å². The highest BCUT2D eigenvalue weighted by Crippen LogP contribution is 2.31. The van der Waals surface area contributed by atoms with Crippen LogP contribution in [0.4, 0.5) is 4.39 Å². The molecule has 0 aliphatic heterocycles. The molecular weight excluding hydrogens is 225 g/mol. The topological polar surface area (TPSA) is 83.5 Å². The molecule has 2 unspecified atom stereocenters. The quantitative estimate of drug-likeness (QED) is 0.714. The minimum Gasteiger partial charge on any atom is -0.481 e. The van der Waals surface area contributed by atoms with Crippen LogP contribution in [0, 0.1) is 5.82 Å². The Morgan fingerprint density at radius 1 is 1.53 bits per heavy atom. The number of carboxylic acid groups (broad SMARTS) is 1. The van der Waals surface area contributed by atoms with Crippen molar-refractivity contribution in [2.75, 3.05) is 6.54 Å². The molecule has 0 aliphatic carbocycles. The van der Waals surface area contributed by atoms with E-state index in [0.29, 0.717) is 0 Å². The number of rotatable bonds is 5. The van der Waals surface area contributed by atoms with E-state index < -0.39 is 23.3 Å². The average Bonchev–Trinajstić information content (AvgIpc) is 2.26. The SMILES string of the molecule is CC(O)CC(CN)(C(=O)O)c1ccccc1F. The van der Waals surface area contributed by atoms with Crippen molar-refractivity contribution in [3.05, 3.63) is 35.6 Å². The van der Waals surface area contributed by atoms with E-state index in [4.69, 9.17) is 5.73 Å². The molecule has 0 saturated carbocycles. The Labute approximate surface area is 98.9 Å². The van der Waals surface area contributed by atoms with E-state index in [-0.39, 0.29) is 18.5 Å². The summed E-state index contributed by atoms with van der Waals surface area (Å²) in [4.78, 5) is 11.4. The summed E-state index contributed by atoms with van der Waals surface area (Å²) >= 11 is 0. The molecule has 0 saturated heterocycles. The van der Waals surface area contributed by atoms with Crippen LogP contribution in [-0.4, -0.2) is 28.8 Å². The first-order chi connectivity index (χ1) is 7.94. The van der Waals surface area contributed by atoms with Crippen molar-refractivity contribution in [2.24, 2.45) is 5.73 Å². The third-order valence-corrected chi connectivity index (χ3v) is 2.79. The zero-order valence-corrected chi connectivity index (χ0v) is 9.56. The van der Waals surface area contributed by atoms with Crippen LogP contribution in [0.15, 0.2) is 24.3 Å². The first kappa shape index (κ1) is 13.6. The van der Waals surface area contributed by atoms with Crippen molar-refractivity contribution in [2.45, 2.75) is 24.9 Å². The second kappa shape index (κ2) is 5.25. The maximum absolute atomic E-state index is 13.7. The van der Waals surface area contributed by atoms with Gasteiger partial charge in [0.1, 0.15) is 11.2 Å². The molecular formula is C12H16FNO3. The van der Waals surface area contributed by atoms with Crippen LogP contribution in [0.25, 0.3) is 0 Å². The molecule has 0 heterocycles. The summed E-state index contributed by atoms with van der Waals surface area (Å²) in [6.45, 7) is 1.18. The van der Waals surface area contributed by atoms with Gasteiger partial charge in [0.15, 0.2) is 0 Å². The smallest absolute Gasteiger partial charge is 0.315 e. The normalized spacial score (nSPS) is 16.2. The fraction of sp³-hybridized carbons (Fsp3) is 0.417. The van der Waals surface area contributed by atoms with Gasteiger partial charge in [0.2, 0.25) is 0 Å². The average molecular weight is 241 g/mol. The highest BCUT2D eigenvalue weighted by molar-refractivity contribution is 5.82. The summed E-state index contributed by atoms with van der Waals surface area (Å²) in [5, 5.41) is 18.7. The number of hydrogen-bond donors (Lipinski definition) is 3. The zero-order valence-electron chi connectivity index (χ0n) is 9.56. The van der Waals surface area contributed by atoms with E-state index >= 15 is 0 Å². The predicted molar refractivity (Wildman–Crippen MR) is 61.1 cm³/mol. The third-order valence-electron chi connectivity index (χ3n) is 2.79. The molecule has 2 atom stereocenters. The fourth-order valence-corrected chi connectivity index (χ4v) is 1.95. The van der Waals surface area contributed by atoms with Crippen molar-refractivity contribution in [1.29, 1.82) is 0 Å². The van der Waals surface area contributed by atoms with Crippen LogP contribution in [-0.2, 0) is 10.2 Å². The Hall–Kier alpha value is -1.46. The van der Waals surface area contributed by atoms with Gasteiger partial charge in [-0.25, -0.2) is 4.39 Å². The van der Waals surface area contributed by atoms with Gasteiger partial charge in [-0.05, 0) is 19.4 Å². The van der Waals surface area contributed by atoms with Gasteiger partial charge in [-0.15, -0.1) is 0 Å². The summed E-state index contributed by atoms with van der Waals surface area (Å²) in [7, 11) is 0. The maximum atomic E-state index is 13.7. The number of aliphatic hydroxyl groups is 1. The van der Waals surface area contributed by atoms with Crippen molar-refractivity contribution in [3.8, 4) is 0 Å². The molecule has 17 heavy (non-hydrogen) atoms. The van der Waals surface area contributed by atoms with Gasteiger partial charge < -0.3 is 15.9 Å². The second-order valence-electron chi connectivity index (χ2n) is 4.12. The van der Waals surface area contributed by atoms with Gasteiger partial charge in [-0.1, -0.05) is 18.2 Å². The number of carbonyl (C=O) groups is 1. The van der Waals surface area contributed by atoms with Gasteiger partial charge in [-0.2, -0.15) is 0 Å². The summed E-state index contributed by atoms with van der Waals surface area (Å²) in [6.07, 6.45) is -1.01. The Morgan fingerprint density at radius 2 is 2.12 bits per heavy atom. The van der Waals surface area contributed by atoms with Crippen molar-refractivity contribution in [1.82, 2.24) is 0 Å². The van der Waals surface area contributed by atoms with Gasteiger partial charge in [0, 0.05) is 12.1 Å². The standard InChI is InChI=1S/C12H16FNO3/c1-8(15)6-12(7-14,11(16)17)9-4-2-3-5-10(9)13/h2-5,8,15H,6-7,14H2,1H3,(H,16,17). The molecule has 0 spiro atoms. The van der Waals surface area contributed by atoms with Crippen molar-refractivity contribution < 1.29 is 19.4 Å². The minimum absolute atomic E-state index is 0.0101. The number of aliphatic hydroxyl groups excluding tert-OH is 1. The number of carboxylic acids is 1. The molecule has 94 valence electrons. The van der Waals surface area contributed by atoms with Crippen LogP contribution in [0.1, 0.15) is 18.9 Å². The van der Waals surface area contributed by atoms with Gasteiger partial charge in [0.05, 0.1) is 6.10 Å². The number of halogens is 1. The number of aliphatic carboxylic acids is 1. The Morgan fingerprint density at radius 3 is 2.53 bits per heavy atom. The molecule has 1 rings (SSSR count). The third kappa shape index (κ3) is 2.62. The lowest BCUT2D eigenvalue weighted by Crippen LogP contribution is -2.45. The zero-order chi connectivity index (χ0) is 13.1. The molecule has 0 aliphatic rings. The fourth-order valence-electron chi connectivity index (χ4n) is 1.95. The summed E-state index contributed by atoms with van der Waals surface area (Å²) in [5.74, 6) is -1.85. The Kier molecular flexibility index (Phi) is 4.20. The van der Waals surface area contributed by atoms with Crippen LogP contribution in [0.3, 0.4) is 0 Å². The lowest BCUT2D eigenvalue weighted by Gasteiger charge is -2.30. The Bertz CT molecular complexity index is 408. The number of benzene rings is 1. The largest absolute Gasteiger partial charge is 0.481 e. The monoisotopic (exact) mass is 241 g/mol. The van der Waals surface area contributed by atoms with Crippen LogP contribution in [0.2, 0.25) is 0 Å². The summed E-state index contributed by atoms with van der Waals surface area (Å²) < 4.78 is 13.7. The molecule has 4 nitrogen and oxygen atoms in total. The highest BCUT2D eigenvalue weighted by Gasteiger charge is 2.42. The first-order valence-corrected chi connectivity index (χ1v) is 5.30.